The first-order valence-electron chi connectivity index (χ1n) is 5.58. The fourth-order valence-corrected chi connectivity index (χ4v) is 2.36. The molecule has 0 amide bonds. The summed E-state index contributed by atoms with van der Waals surface area (Å²) in [5.41, 5.74) is -0.117. The van der Waals surface area contributed by atoms with Gasteiger partial charge in [0.15, 0.2) is 0 Å². The van der Waals surface area contributed by atoms with E-state index >= 15 is 0 Å². The molecule has 1 aliphatic heterocycles. The van der Waals surface area contributed by atoms with E-state index in [0.29, 0.717) is 30.2 Å². The second-order valence-electron chi connectivity index (χ2n) is 4.46. The van der Waals surface area contributed by atoms with Gasteiger partial charge in [0.2, 0.25) is 0 Å². The molecule has 0 aliphatic carbocycles. The van der Waals surface area contributed by atoms with Crippen LogP contribution in [0, 0.1) is 22.6 Å². The van der Waals surface area contributed by atoms with Gasteiger partial charge < -0.3 is 4.74 Å². The number of nitrogens with zero attached hydrogens (tertiary/aromatic N) is 1. The fourth-order valence-electron chi connectivity index (χ4n) is 2.16. The maximum absolute atomic E-state index is 13.6. The van der Waals surface area contributed by atoms with Gasteiger partial charge in [-0.25, -0.2) is 4.39 Å². The first-order chi connectivity index (χ1) is 8.15. The summed E-state index contributed by atoms with van der Waals surface area (Å²) in [6.07, 6.45) is 1.95. The lowest BCUT2D eigenvalue weighted by molar-refractivity contribution is 0.0220. The zero-order chi connectivity index (χ0) is 12.3. The van der Waals surface area contributed by atoms with Gasteiger partial charge in [-0.05, 0) is 43.0 Å². The highest BCUT2D eigenvalue weighted by molar-refractivity contribution is 6.30. The van der Waals surface area contributed by atoms with Crippen molar-refractivity contribution in [3.05, 3.63) is 34.6 Å². The third-order valence-corrected chi connectivity index (χ3v) is 3.33. The zero-order valence-corrected chi connectivity index (χ0v) is 10.1. The summed E-state index contributed by atoms with van der Waals surface area (Å²) >= 11 is 5.84. The van der Waals surface area contributed by atoms with Crippen molar-refractivity contribution in [1.82, 2.24) is 0 Å². The molecule has 2 rings (SSSR count). The van der Waals surface area contributed by atoms with Gasteiger partial charge in [0.05, 0.1) is 18.1 Å². The Bertz CT molecular complexity index is 449. The number of hydrogen-bond donors (Lipinski definition) is 0. The van der Waals surface area contributed by atoms with Crippen LogP contribution in [0.25, 0.3) is 0 Å². The second kappa shape index (κ2) is 5.03. The molecule has 0 radical (unpaired) electrons. The monoisotopic (exact) mass is 253 g/mol. The number of nitriles is 1. The molecule has 90 valence electrons. The summed E-state index contributed by atoms with van der Waals surface area (Å²) in [6, 6.07) is 6.72. The van der Waals surface area contributed by atoms with E-state index < -0.39 is 5.41 Å². The molecule has 0 saturated carbocycles. The highest BCUT2D eigenvalue weighted by Crippen LogP contribution is 2.33. The third-order valence-electron chi connectivity index (χ3n) is 3.10. The molecule has 0 N–H and O–H groups in total. The SMILES string of the molecule is N#CC1(Cc2cc(Cl)ccc2F)CCCOC1. The van der Waals surface area contributed by atoms with E-state index in [1.807, 2.05) is 0 Å². The summed E-state index contributed by atoms with van der Waals surface area (Å²) in [5, 5.41) is 9.77. The molecular formula is C13H13ClFNO. The van der Waals surface area contributed by atoms with Gasteiger partial charge in [-0.3, -0.25) is 0 Å². The van der Waals surface area contributed by atoms with Gasteiger partial charge in [0, 0.05) is 11.6 Å². The van der Waals surface area contributed by atoms with Crippen LogP contribution in [0.15, 0.2) is 18.2 Å². The molecule has 1 heterocycles. The Labute approximate surface area is 105 Å². The van der Waals surface area contributed by atoms with E-state index in [1.165, 1.54) is 12.1 Å². The lowest BCUT2D eigenvalue weighted by Gasteiger charge is -2.30. The molecule has 1 aromatic rings. The van der Waals surface area contributed by atoms with Gasteiger partial charge in [-0.1, -0.05) is 11.6 Å². The molecule has 17 heavy (non-hydrogen) atoms. The van der Waals surface area contributed by atoms with Crippen LogP contribution in [0.2, 0.25) is 5.02 Å². The van der Waals surface area contributed by atoms with Crippen molar-refractivity contribution in [3.8, 4) is 6.07 Å². The molecule has 1 aromatic carbocycles. The maximum Gasteiger partial charge on any atom is 0.126 e. The van der Waals surface area contributed by atoms with Crippen molar-refractivity contribution in [2.24, 2.45) is 5.41 Å². The summed E-state index contributed by atoms with van der Waals surface area (Å²) in [5.74, 6) is -0.311. The van der Waals surface area contributed by atoms with Crippen molar-refractivity contribution < 1.29 is 9.13 Å². The van der Waals surface area contributed by atoms with Crippen LogP contribution in [0.3, 0.4) is 0 Å². The first kappa shape index (κ1) is 12.3. The Morgan fingerprint density at radius 2 is 2.35 bits per heavy atom. The van der Waals surface area contributed by atoms with E-state index in [4.69, 9.17) is 16.3 Å². The van der Waals surface area contributed by atoms with Gasteiger partial charge in [0.1, 0.15) is 5.82 Å². The van der Waals surface area contributed by atoms with Crippen LogP contribution in [0.5, 0.6) is 0 Å². The van der Waals surface area contributed by atoms with Gasteiger partial charge in [-0.2, -0.15) is 5.26 Å². The van der Waals surface area contributed by atoms with E-state index in [-0.39, 0.29) is 5.82 Å². The molecule has 0 bridgehead atoms. The largest absolute Gasteiger partial charge is 0.380 e. The predicted molar refractivity (Wildman–Crippen MR) is 63.2 cm³/mol. The van der Waals surface area contributed by atoms with Crippen LogP contribution in [0.4, 0.5) is 4.39 Å². The Morgan fingerprint density at radius 1 is 1.53 bits per heavy atom. The number of ether oxygens (including phenoxy) is 1. The highest BCUT2D eigenvalue weighted by Gasteiger charge is 2.34. The average molecular weight is 254 g/mol. The summed E-state index contributed by atoms with van der Waals surface area (Å²) < 4.78 is 19.0. The number of halogens is 2. The first-order valence-corrected chi connectivity index (χ1v) is 5.96. The third kappa shape index (κ3) is 2.77. The number of rotatable bonds is 2. The fraction of sp³-hybridized carbons (Fsp3) is 0.462. The summed E-state index contributed by atoms with van der Waals surface area (Å²) in [6.45, 7) is 1.05. The van der Waals surface area contributed by atoms with Crippen LogP contribution >= 0.6 is 11.6 Å². The molecular weight excluding hydrogens is 241 g/mol. The minimum absolute atomic E-state index is 0.311. The van der Waals surface area contributed by atoms with Crippen molar-refractivity contribution in [3.63, 3.8) is 0 Å². The van der Waals surface area contributed by atoms with Crippen LogP contribution in [-0.4, -0.2) is 13.2 Å². The van der Waals surface area contributed by atoms with Crippen molar-refractivity contribution in [2.45, 2.75) is 19.3 Å². The highest BCUT2D eigenvalue weighted by atomic mass is 35.5. The zero-order valence-electron chi connectivity index (χ0n) is 9.38. The van der Waals surface area contributed by atoms with E-state index in [2.05, 4.69) is 6.07 Å². The molecule has 1 aliphatic rings. The summed E-state index contributed by atoms with van der Waals surface area (Å²) in [7, 11) is 0. The van der Waals surface area contributed by atoms with Crippen molar-refractivity contribution in [1.29, 1.82) is 5.26 Å². The quantitative estimate of drug-likeness (QED) is 0.810. The predicted octanol–water partition coefficient (Wildman–Crippen LogP) is 3.34. The van der Waals surface area contributed by atoms with E-state index in [0.717, 1.165) is 12.8 Å². The standard InChI is InChI=1S/C13H13ClFNO/c14-11-2-3-12(15)10(6-11)7-13(8-16)4-1-5-17-9-13/h2-3,6H,1,4-5,7,9H2. The number of benzene rings is 1. The smallest absolute Gasteiger partial charge is 0.126 e. The molecule has 4 heteroatoms. The molecule has 1 saturated heterocycles. The molecule has 0 spiro atoms. The lowest BCUT2D eigenvalue weighted by atomic mass is 9.78. The second-order valence-corrected chi connectivity index (χ2v) is 4.90. The topological polar surface area (TPSA) is 33.0 Å². The Balaban J connectivity index is 2.23. The number of hydrogen-bond acceptors (Lipinski definition) is 2. The lowest BCUT2D eigenvalue weighted by Crippen LogP contribution is -2.32. The molecule has 1 unspecified atom stereocenters. The van der Waals surface area contributed by atoms with Crippen molar-refractivity contribution in [2.75, 3.05) is 13.2 Å². The van der Waals surface area contributed by atoms with Gasteiger partial charge in [0.25, 0.3) is 0 Å². The molecule has 1 atom stereocenters. The molecule has 2 nitrogen and oxygen atoms in total. The average Bonchev–Trinajstić information content (AvgIpc) is 2.35. The Morgan fingerprint density at radius 3 is 3.00 bits per heavy atom. The maximum atomic E-state index is 13.6. The Hall–Kier alpha value is -1.11. The van der Waals surface area contributed by atoms with Crippen LogP contribution in [0.1, 0.15) is 18.4 Å². The molecule has 1 fully saturated rings. The van der Waals surface area contributed by atoms with Crippen molar-refractivity contribution >= 4 is 11.6 Å². The minimum Gasteiger partial charge on any atom is -0.380 e. The van der Waals surface area contributed by atoms with Gasteiger partial charge in [-0.15, -0.1) is 0 Å². The normalized spacial score (nSPS) is 24.3. The molecule has 0 aromatic heterocycles. The van der Waals surface area contributed by atoms with Crippen LogP contribution < -0.4 is 0 Å². The summed E-state index contributed by atoms with van der Waals surface area (Å²) in [4.78, 5) is 0. The van der Waals surface area contributed by atoms with Gasteiger partial charge >= 0.3 is 0 Å². The van der Waals surface area contributed by atoms with E-state index in [1.54, 1.807) is 6.07 Å². The van der Waals surface area contributed by atoms with E-state index in [9.17, 15) is 9.65 Å². The Kier molecular flexibility index (Phi) is 3.66. The minimum atomic E-state index is -0.607. The van der Waals surface area contributed by atoms with Crippen LogP contribution in [-0.2, 0) is 11.2 Å².